The molecular weight excluding hydrogens is 286 g/mol. The van der Waals surface area contributed by atoms with E-state index in [1.54, 1.807) is 0 Å². The van der Waals surface area contributed by atoms with Crippen LogP contribution in [-0.4, -0.2) is 59.7 Å². The molecule has 3 saturated heterocycles. The van der Waals surface area contributed by atoms with Gasteiger partial charge in [0.1, 0.15) is 0 Å². The minimum absolute atomic E-state index is 0.211. The molecule has 3 rings (SSSR count). The van der Waals surface area contributed by atoms with Gasteiger partial charge in [0.15, 0.2) is 0 Å². The zero-order chi connectivity index (χ0) is 15.0. The second kappa shape index (κ2) is 6.18. The van der Waals surface area contributed by atoms with Crippen LogP contribution in [0.5, 0.6) is 0 Å². The van der Waals surface area contributed by atoms with Crippen molar-refractivity contribution in [3.8, 4) is 0 Å². The highest BCUT2D eigenvalue weighted by Crippen LogP contribution is 2.31. The van der Waals surface area contributed by atoms with Gasteiger partial charge in [-0.3, -0.25) is 4.90 Å². The minimum atomic E-state index is -2.52. The first-order valence-corrected chi connectivity index (χ1v) is 13.6. The average molecular weight is 318 g/mol. The van der Waals surface area contributed by atoms with E-state index in [0.717, 1.165) is 25.7 Å². The summed E-state index contributed by atoms with van der Waals surface area (Å²) in [7, 11) is -3.63. The molecule has 2 bridgehead atoms. The van der Waals surface area contributed by atoms with Crippen molar-refractivity contribution in [3.05, 3.63) is 0 Å². The van der Waals surface area contributed by atoms with E-state index in [0.29, 0.717) is 0 Å². The van der Waals surface area contributed by atoms with Crippen LogP contribution >= 0.6 is 0 Å². The van der Waals surface area contributed by atoms with Crippen molar-refractivity contribution in [2.24, 2.45) is 0 Å². The number of hydrogen-bond acceptors (Lipinski definition) is 4. The highest BCUT2D eigenvalue weighted by atomic mass is 28.4. The van der Waals surface area contributed by atoms with Gasteiger partial charge >= 0.3 is 8.80 Å². The molecular formula is C14H31NO3Si2. The Morgan fingerprint density at radius 1 is 0.900 bits per heavy atom. The molecule has 0 saturated carbocycles. The molecule has 0 aromatic heterocycles. The lowest BCUT2D eigenvalue weighted by Crippen LogP contribution is -2.61. The molecule has 0 aromatic rings. The van der Waals surface area contributed by atoms with Crippen molar-refractivity contribution < 1.29 is 13.3 Å². The Hall–Kier alpha value is 0.274. The van der Waals surface area contributed by atoms with Gasteiger partial charge in [-0.1, -0.05) is 25.7 Å². The maximum absolute atomic E-state index is 6.36. The van der Waals surface area contributed by atoms with Crippen LogP contribution in [0.15, 0.2) is 0 Å². The molecule has 3 fully saturated rings. The molecule has 4 nitrogen and oxygen atoms in total. The smallest absolute Gasteiger partial charge is 0.369 e. The lowest BCUT2D eigenvalue weighted by molar-refractivity contribution is -0.0783. The second-order valence-corrected chi connectivity index (χ2v) is 15.9. The van der Waals surface area contributed by atoms with Crippen molar-refractivity contribution >= 4 is 16.9 Å². The van der Waals surface area contributed by atoms with Crippen LogP contribution in [0.3, 0.4) is 0 Å². The standard InChI is InChI=1S/C14H31NO3Si2/c1-12-9-15-10-13(2)17-20(16-12,18-14(3)11-15)8-7-19(4,5)6/h12-14H,7-11H2,1-6H3/t12-,13-,14+/m0/s1. The Morgan fingerprint density at radius 2 is 1.30 bits per heavy atom. The molecule has 0 aliphatic carbocycles. The van der Waals surface area contributed by atoms with E-state index < -0.39 is 16.9 Å². The number of fused-ring (bicyclic) bond motifs is 6. The van der Waals surface area contributed by atoms with Gasteiger partial charge in [-0.05, 0) is 20.8 Å². The Labute approximate surface area is 126 Å². The summed E-state index contributed by atoms with van der Waals surface area (Å²) in [4.78, 5) is 2.41. The third kappa shape index (κ3) is 4.64. The molecule has 3 atom stereocenters. The number of nitrogens with zero attached hydrogens (tertiary/aromatic N) is 1. The first-order chi connectivity index (χ1) is 9.17. The SMILES string of the molecule is C[C@@H]1CN2C[C@H](C)O[Si](CC[Si](C)(C)C)(O1)O[C@@H](C)C2. The van der Waals surface area contributed by atoms with Crippen LogP contribution in [0.4, 0.5) is 0 Å². The van der Waals surface area contributed by atoms with Crippen LogP contribution in [0.2, 0.25) is 31.7 Å². The fourth-order valence-corrected chi connectivity index (χ4v) is 9.94. The van der Waals surface area contributed by atoms with Crippen LogP contribution in [0.1, 0.15) is 20.8 Å². The fourth-order valence-electron chi connectivity index (χ4n) is 3.13. The van der Waals surface area contributed by atoms with Gasteiger partial charge in [-0.25, -0.2) is 0 Å². The zero-order valence-corrected chi connectivity index (χ0v) is 15.9. The normalized spacial score (nSPS) is 42.9. The van der Waals surface area contributed by atoms with Crippen LogP contribution in [0.25, 0.3) is 0 Å². The number of rotatable bonds is 3. The average Bonchev–Trinajstić information content (AvgIpc) is 2.20. The lowest BCUT2D eigenvalue weighted by atomic mass is 10.2. The van der Waals surface area contributed by atoms with Crippen LogP contribution < -0.4 is 0 Å². The first-order valence-electron chi connectivity index (χ1n) is 7.93. The largest absolute Gasteiger partial charge is 0.501 e. The van der Waals surface area contributed by atoms with Gasteiger partial charge in [0, 0.05) is 33.8 Å². The second-order valence-electron chi connectivity index (χ2n) is 7.75. The van der Waals surface area contributed by atoms with E-state index in [1.165, 1.54) is 6.04 Å². The van der Waals surface area contributed by atoms with Crippen LogP contribution in [-0.2, 0) is 13.3 Å². The van der Waals surface area contributed by atoms with Crippen molar-refractivity contribution in [1.82, 2.24) is 4.90 Å². The van der Waals surface area contributed by atoms with Crippen molar-refractivity contribution in [3.63, 3.8) is 0 Å². The van der Waals surface area contributed by atoms with E-state index in [4.69, 9.17) is 13.3 Å². The molecule has 3 aliphatic rings. The topological polar surface area (TPSA) is 30.9 Å². The maximum atomic E-state index is 6.36. The summed E-state index contributed by atoms with van der Waals surface area (Å²) in [6.07, 6.45) is 0.634. The zero-order valence-electron chi connectivity index (χ0n) is 13.9. The van der Waals surface area contributed by atoms with Gasteiger partial charge in [-0.2, -0.15) is 0 Å². The summed E-state index contributed by atoms with van der Waals surface area (Å²) in [6, 6.07) is 2.21. The molecule has 0 amide bonds. The Bertz CT molecular complexity index is 299. The van der Waals surface area contributed by atoms with Crippen LogP contribution in [0, 0.1) is 0 Å². The van der Waals surface area contributed by atoms with Crippen molar-refractivity contribution in [2.45, 2.75) is 70.8 Å². The molecule has 6 heteroatoms. The maximum Gasteiger partial charge on any atom is 0.501 e. The summed E-state index contributed by atoms with van der Waals surface area (Å²) < 4.78 is 19.1. The molecule has 0 aromatic carbocycles. The van der Waals surface area contributed by atoms with Gasteiger partial charge < -0.3 is 13.3 Å². The lowest BCUT2D eigenvalue weighted by Gasteiger charge is -2.45. The van der Waals surface area contributed by atoms with Gasteiger partial charge in [0.05, 0.1) is 18.3 Å². The highest BCUT2D eigenvalue weighted by Gasteiger charge is 2.49. The third-order valence-corrected chi connectivity index (χ3v) is 9.27. The van der Waals surface area contributed by atoms with E-state index in [9.17, 15) is 0 Å². The quantitative estimate of drug-likeness (QED) is 0.749. The molecule has 0 unspecified atom stereocenters. The monoisotopic (exact) mass is 317 g/mol. The molecule has 0 spiro atoms. The predicted molar refractivity (Wildman–Crippen MR) is 86.8 cm³/mol. The highest BCUT2D eigenvalue weighted by molar-refractivity contribution is 6.77. The van der Waals surface area contributed by atoms with E-state index >= 15 is 0 Å². The molecule has 3 aliphatic heterocycles. The molecule has 0 N–H and O–H groups in total. The number of hydrogen-bond donors (Lipinski definition) is 0. The molecule has 118 valence electrons. The summed E-state index contributed by atoms with van der Waals surface area (Å²) in [5.74, 6) is 0. The third-order valence-electron chi connectivity index (χ3n) is 3.87. The molecule has 0 radical (unpaired) electrons. The first kappa shape index (κ1) is 16.6. The Kier molecular flexibility index (Phi) is 5.14. The Morgan fingerprint density at radius 3 is 1.65 bits per heavy atom. The van der Waals surface area contributed by atoms with Gasteiger partial charge in [-0.15, -0.1) is 0 Å². The Balaban J connectivity index is 2.18. The van der Waals surface area contributed by atoms with E-state index in [1.807, 2.05) is 0 Å². The molecule has 20 heavy (non-hydrogen) atoms. The van der Waals surface area contributed by atoms with Gasteiger partial charge in [0.2, 0.25) is 0 Å². The predicted octanol–water partition coefficient (Wildman–Crippen LogP) is 2.81. The summed E-state index contributed by atoms with van der Waals surface area (Å²) in [5, 5.41) is 0. The van der Waals surface area contributed by atoms with Crippen molar-refractivity contribution in [2.75, 3.05) is 19.6 Å². The minimum Gasteiger partial charge on any atom is -0.369 e. The summed E-state index contributed by atoms with van der Waals surface area (Å²) in [5.41, 5.74) is 0. The van der Waals surface area contributed by atoms with Crippen molar-refractivity contribution in [1.29, 1.82) is 0 Å². The van der Waals surface area contributed by atoms with Gasteiger partial charge in [0.25, 0.3) is 0 Å². The summed E-state index contributed by atoms with van der Waals surface area (Å²) in [6.45, 7) is 16.7. The fraction of sp³-hybridized carbons (Fsp3) is 1.00. The molecule has 3 heterocycles. The van der Waals surface area contributed by atoms with E-state index in [-0.39, 0.29) is 18.3 Å². The van der Waals surface area contributed by atoms with E-state index in [2.05, 4.69) is 45.3 Å². The summed E-state index contributed by atoms with van der Waals surface area (Å²) >= 11 is 0.